The molecule has 1 aliphatic carbocycles. The second-order valence-corrected chi connectivity index (χ2v) is 6.72. The standard InChI is InChI=1S/C12H17F6NS/c13-10(14)11(15,16)12(17,18)20-19-6-5-8-3-1-2-4-9(8)7-19/h8-10H,1-7H2. The molecule has 1 saturated carbocycles. The monoisotopic (exact) mass is 321 g/mol. The van der Waals surface area contributed by atoms with Crippen molar-refractivity contribution < 1.29 is 26.3 Å². The fourth-order valence-electron chi connectivity index (χ4n) is 3.00. The topological polar surface area (TPSA) is 3.24 Å². The van der Waals surface area contributed by atoms with Gasteiger partial charge in [-0.25, -0.2) is 13.1 Å². The summed E-state index contributed by atoms with van der Waals surface area (Å²) >= 11 is -0.416. The van der Waals surface area contributed by atoms with Crippen LogP contribution >= 0.6 is 11.9 Å². The van der Waals surface area contributed by atoms with Crippen molar-refractivity contribution in [2.24, 2.45) is 11.8 Å². The molecule has 2 aliphatic rings. The quantitative estimate of drug-likeness (QED) is 0.548. The van der Waals surface area contributed by atoms with E-state index in [0.29, 0.717) is 12.3 Å². The highest BCUT2D eigenvalue weighted by Gasteiger charge is 2.64. The van der Waals surface area contributed by atoms with Crippen molar-refractivity contribution in [3.63, 3.8) is 0 Å². The third-order valence-corrected chi connectivity index (χ3v) is 5.25. The number of piperidine rings is 1. The Balaban J connectivity index is 1.96. The summed E-state index contributed by atoms with van der Waals surface area (Å²) in [5.74, 6) is -4.62. The van der Waals surface area contributed by atoms with Gasteiger partial charge in [0.25, 0.3) is 0 Å². The van der Waals surface area contributed by atoms with Gasteiger partial charge >= 0.3 is 17.6 Å². The highest BCUT2D eigenvalue weighted by Crippen LogP contribution is 2.49. The molecule has 2 fully saturated rings. The molecule has 8 heteroatoms. The minimum Gasteiger partial charge on any atom is -0.245 e. The van der Waals surface area contributed by atoms with Crippen LogP contribution in [0.5, 0.6) is 0 Å². The Morgan fingerprint density at radius 3 is 2.15 bits per heavy atom. The molecule has 0 amide bonds. The molecule has 0 aromatic carbocycles. The predicted molar refractivity (Wildman–Crippen MR) is 65.1 cm³/mol. The molecule has 1 aliphatic heterocycles. The predicted octanol–water partition coefficient (Wildman–Crippen LogP) is 4.64. The summed E-state index contributed by atoms with van der Waals surface area (Å²) in [7, 11) is 0. The highest BCUT2D eigenvalue weighted by atomic mass is 32.2. The smallest absolute Gasteiger partial charge is 0.245 e. The molecular formula is C12H17F6NS. The van der Waals surface area contributed by atoms with Crippen molar-refractivity contribution in [2.45, 2.75) is 49.7 Å². The average Bonchev–Trinajstić information content (AvgIpc) is 2.37. The van der Waals surface area contributed by atoms with E-state index in [2.05, 4.69) is 0 Å². The lowest BCUT2D eigenvalue weighted by Crippen LogP contribution is -2.48. The maximum atomic E-state index is 13.4. The number of halogens is 6. The summed E-state index contributed by atoms with van der Waals surface area (Å²) in [5, 5.41) is -4.78. The fraction of sp³-hybridized carbons (Fsp3) is 1.00. The lowest BCUT2D eigenvalue weighted by atomic mass is 9.76. The lowest BCUT2D eigenvalue weighted by molar-refractivity contribution is -0.222. The molecule has 1 saturated heterocycles. The molecule has 0 spiro atoms. The molecule has 0 N–H and O–H groups in total. The number of nitrogens with zero attached hydrogens (tertiary/aromatic N) is 1. The van der Waals surface area contributed by atoms with Crippen LogP contribution in [0.2, 0.25) is 0 Å². The zero-order chi connectivity index (χ0) is 15.0. The molecule has 118 valence electrons. The maximum Gasteiger partial charge on any atom is 0.380 e. The van der Waals surface area contributed by atoms with Gasteiger partial charge in [-0.2, -0.15) is 17.6 Å². The summed E-state index contributed by atoms with van der Waals surface area (Å²) in [5.41, 5.74) is 0. The van der Waals surface area contributed by atoms with Crippen LogP contribution in [0.1, 0.15) is 32.1 Å². The Hall–Kier alpha value is -0.110. The van der Waals surface area contributed by atoms with Gasteiger partial charge in [0, 0.05) is 25.0 Å². The van der Waals surface area contributed by atoms with Crippen LogP contribution in [0, 0.1) is 11.8 Å². The summed E-state index contributed by atoms with van der Waals surface area (Å²) in [6.45, 7) is 0.533. The van der Waals surface area contributed by atoms with Crippen molar-refractivity contribution in [3.8, 4) is 0 Å². The fourth-order valence-corrected chi connectivity index (χ4v) is 4.00. The van der Waals surface area contributed by atoms with E-state index in [-0.39, 0.29) is 19.0 Å². The van der Waals surface area contributed by atoms with Crippen LogP contribution in [0.3, 0.4) is 0 Å². The lowest BCUT2D eigenvalue weighted by Gasteiger charge is -2.42. The molecule has 2 unspecified atom stereocenters. The van der Waals surface area contributed by atoms with Gasteiger partial charge in [0.2, 0.25) is 0 Å². The van der Waals surface area contributed by atoms with Gasteiger partial charge in [-0.05, 0) is 24.7 Å². The van der Waals surface area contributed by atoms with E-state index >= 15 is 0 Å². The summed E-state index contributed by atoms with van der Waals surface area (Å²) in [6, 6.07) is 0. The van der Waals surface area contributed by atoms with Crippen LogP contribution in [-0.2, 0) is 0 Å². The second kappa shape index (κ2) is 5.94. The molecule has 20 heavy (non-hydrogen) atoms. The molecule has 0 bridgehead atoms. The zero-order valence-electron chi connectivity index (χ0n) is 10.8. The van der Waals surface area contributed by atoms with E-state index in [4.69, 9.17) is 0 Å². The van der Waals surface area contributed by atoms with Gasteiger partial charge in [0.05, 0.1) is 0 Å². The van der Waals surface area contributed by atoms with Crippen LogP contribution in [0.25, 0.3) is 0 Å². The van der Waals surface area contributed by atoms with E-state index in [1.807, 2.05) is 0 Å². The minimum absolute atomic E-state index is 0.223. The van der Waals surface area contributed by atoms with Gasteiger partial charge in [-0.3, -0.25) is 0 Å². The Morgan fingerprint density at radius 1 is 0.950 bits per heavy atom. The van der Waals surface area contributed by atoms with Crippen molar-refractivity contribution in [2.75, 3.05) is 13.1 Å². The number of fused-ring (bicyclic) bond motifs is 1. The van der Waals surface area contributed by atoms with Crippen molar-refractivity contribution in [1.29, 1.82) is 0 Å². The maximum absolute atomic E-state index is 13.4. The Morgan fingerprint density at radius 2 is 1.55 bits per heavy atom. The largest absolute Gasteiger partial charge is 0.380 e. The van der Waals surface area contributed by atoms with Gasteiger partial charge in [-0.1, -0.05) is 19.3 Å². The first-order valence-electron chi connectivity index (χ1n) is 6.72. The Kier molecular flexibility index (Phi) is 4.83. The van der Waals surface area contributed by atoms with Crippen LogP contribution in [0.4, 0.5) is 26.3 Å². The molecule has 0 aromatic rings. The first-order valence-corrected chi connectivity index (χ1v) is 7.49. The van der Waals surface area contributed by atoms with Crippen molar-refractivity contribution in [3.05, 3.63) is 0 Å². The first kappa shape index (κ1) is 16.3. The van der Waals surface area contributed by atoms with E-state index in [1.54, 1.807) is 0 Å². The molecule has 0 aromatic heterocycles. The minimum atomic E-state index is -5.30. The van der Waals surface area contributed by atoms with Crippen molar-refractivity contribution >= 4 is 11.9 Å². The number of hydrogen-bond acceptors (Lipinski definition) is 2. The molecular weight excluding hydrogens is 304 g/mol. The number of alkyl halides is 6. The van der Waals surface area contributed by atoms with Crippen LogP contribution in [-0.4, -0.2) is 35.0 Å². The molecule has 1 heterocycles. The third kappa shape index (κ3) is 3.21. The van der Waals surface area contributed by atoms with Crippen LogP contribution in [0.15, 0.2) is 0 Å². The Labute approximate surface area is 118 Å². The Bertz CT molecular complexity index is 338. The van der Waals surface area contributed by atoms with Gasteiger partial charge in [0.1, 0.15) is 0 Å². The van der Waals surface area contributed by atoms with E-state index in [9.17, 15) is 26.3 Å². The highest BCUT2D eigenvalue weighted by molar-refractivity contribution is 7.98. The third-order valence-electron chi connectivity index (χ3n) is 4.16. The molecule has 0 radical (unpaired) electrons. The zero-order valence-corrected chi connectivity index (χ0v) is 11.6. The molecule has 2 atom stereocenters. The normalized spacial score (nSPS) is 29.6. The van der Waals surface area contributed by atoms with Crippen molar-refractivity contribution in [1.82, 2.24) is 4.31 Å². The summed E-state index contributed by atoms with van der Waals surface area (Å²) < 4.78 is 77.7. The van der Waals surface area contributed by atoms with Gasteiger partial charge < -0.3 is 0 Å². The van der Waals surface area contributed by atoms with E-state index in [0.717, 1.165) is 30.0 Å². The average molecular weight is 321 g/mol. The number of hydrogen-bond donors (Lipinski definition) is 0. The van der Waals surface area contributed by atoms with Gasteiger partial charge in [0.15, 0.2) is 0 Å². The summed E-state index contributed by atoms with van der Waals surface area (Å²) in [6.07, 6.45) is 0.397. The summed E-state index contributed by atoms with van der Waals surface area (Å²) in [4.78, 5) is 0. The second-order valence-electron chi connectivity index (χ2n) is 5.51. The van der Waals surface area contributed by atoms with Gasteiger partial charge in [-0.15, -0.1) is 0 Å². The SMILES string of the molecule is FC(F)C(F)(F)C(F)(F)SN1CCC2CCCCC2C1. The first-order chi connectivity index (χ1) is 9.24. The van der Waals surface area contributed by atoms with E-state index < -0.39 is 29.6 Å². The molecule has 1 nitrogen and oxygen atoms in total. The van der Waals surface area contributed by atoms with E-state index in [1.165, 1.54) is 0 Å². The molecule has 2 rings (SSSR count). The number of rotatable bonds is 4. The van der Waals surface area contributed by atoms with Crippen LogP contribution < -0.4 is 0 Å².